The van der Waals surface area contributed by atoms with Crippen molar-refractivity contribution < 1.29 is 17.9 Å². The van der Waals surface area contributed by atoms with Gasteiger partial charge in [0.05, 0.1) is 12.0 Å². The highest BCUT2D eigenvalue weighted by Crippen LogP contribution is 2.40. The topological polar surface area (TPSA) is 63.7 Å². The van der Waals surface area contributed by atoms with Crippen molar-refractivity contribution in [3.05, 3.63) is 59.2 Å². The first-order chi connectivity index (χ1) is 13.1. The molecule has 6 heteroatoms. The maximum Gasteiger partial charge on any atom is 0.244 e. The van der Waals surface area contributed by atoms with Crippen LogP contribution in [0.4, 0.5) is 0 Å². The van der Waals surface area contributed by atoms with Gasteiger partial charge in [-0.05, 0) is 48.7 Å². The minimum atomic E-state index is -3.82. The standard InChI is InChI=1S/C22H27NO4S/c1-15-6-10-18(11-7-15)28(25,26)23-13-12-16-8-9-17(27-5)14-19(16)20(23)21(24)22(2,3)4/h6-11,14,20H,12-13H2,1-5H3. The van der Waals surface area contributed by atoms with Crippen LogP contribution in [0.25, 0.3) is 0 Å². The van der Waals surface area contributed by atoms with E-state index in [9.17, 15) is 13.2 Å². The number of sulfonamides is 1. The fourth-order valence-electron chi connectivity index (χ4n) is 3.48. The molecule has 0 saturated carbocycles. The molecule has 2 aromatic rings. The molecule has 1 unspecified atom stereocenters. The first kappa shape index (κ1) is 20.6. The smallest absolute Gasteiger partial charge is 0.244 e. The van der Waals surface area contributed by atoms with Gasteiger partial charge in [-0.2, -0.15) is 4.31 Å². The number of fused-ring (bicyclic) bond motifs is 1. The van der Waals surface area contributed by atoms with Crippen LogP contribution in [0, 0.1) is 12.3 Å². The second-order valence-corrected chi connectivity index (χ2v) is 10.2. The van der Waals surface area contributed by atoms with Crippen LogP contribution in [-0.2, 0) is 21.2 Å². The van der Waals surface area contributed by atoms with Gasteiger partial charge in [0.2, 0.25) is 10.0 Å². The maximum atomic E-state index is 13.4. The Kier molecular flexibility index (Phi) is 5.38. The number of ketones is 1. The summed E-state index contributed by atoms with van der Waals surface area (Å²) in [5, 5.41) is 0. The first-order valence-electron chi connectivity index (χ1n) is 9.35. The molecule has 1 aliphatic heterocycles. The van der Waals surface area contributed by atoms with Crippen molar-refractivity contribution in [2.45, 2.75) is 45.1 Å². The highest BCUT2D eigenvalue weighted by molar-refractivity contribution is 7.89. The number of benzene rings is 2. The third kappa shape index (κ3) is 3.71. The molecule has 0 aliphatic carbocycles. The number of nitrogens with zero attached hydrogens (tertiary/aromatic N) is 1. The van der Waals surface area contributed by atoms with Gasteiger partial charge in [0.25, 0.3) is 0 Å². The van der Waals surface area contributed by atoms with E-state index in [4.69, 9.17) is 4.74 Å². The summed E-state index contributed by atoms with van der Waals surface area (Å²) in [6.07, 6.45) is 0.554. The van der Waals surface area contributed by atoms with E-state index in [1.807, 2.05) is 39.8 Å². The summed E-state index contributed by atoms with van der Waals surface area (Å²) in [4.78, 5) is 13.6. The van der Waals surface area contributed by atoms with E-state index in [2.05, 4.69) is 0 Å². The number of ether oxygens (including phenoxy) is 1. The molecule has 1 atom stereocenters. The van der Waals surface area contributed by atoms with Gasteiger partial charge in [0.1, 0.15) is 11.8 Å². The van der Waals surface area contributed by atoms with Crippen molar-refractivity contribution in [2.24, 2.45) is 5.41 Å². The Bertz CT molecular complexity index is 988. The zero-order valence-electron chi connectivity index (χ0n) is 17.0. The number of hydrogen-bond acceptors (Lipinski definition) is 4. The van der Waals surface area contributed by atoms with Crippen LogP contribution < -0.4 is 4.74 Å². The van der Waals surface area contributed by atoms with Gasteiger partial charge in [-0.15, -0.1) is 0 Å². The van der Waals surface area contributed by atoms with Gasteiger partial charge in [0, 0.05) is 12.0 Å². The molecule has 28 heavy (non-hydrogen) atoms. The second kappa shape index (κ2) is 7.33. The Morgan fingerprint density at radius 3 is 2.32 bits per heavy atom. The molecule has 0 saturated heterocycles. The molecule has 0 fully saturated rings. The van der Waals surface area contributed by atoms with Crippen LogP contribution in [0.2, 0.25) is 0 Å². The van der Waals surface area contributed by atoms with E-state index >= 15 is 0 Å². The predicted molar refractivity (Wildman–Crippen MR) is 109 cm³/mol. The lowest BCUT2D eigenvalue weighted by atomic mass is 9.81. The molecule has 3 rings (SSSR count). The number of carbonyl (C=O) groups is 1. The van der Waals surface area contributed by atoms with E-state index in [1.165, 1.54) is 4.31 Å². The van der Waals surface area contributed by atoms with Crippen molar-refractivity contribution in [1.29, 1.82) is 0 Å². The Hall–Kier alpha value is -2.18. The lowest BCUT2D eigenvalue weighted by molar-refractivity contribution is -0.130. The minimum absolute atomic E-state index is 0.127. The van der Waals surface area contributed by atoms with Crippen molar-refractivity contribution in [1.82, 2.24) is 4.31 Å². The van der Waals surface area contributed by atoms with Crippen LogP contribution in [0.3, 0.4) is 0 Å². The number of carbonyl (C=O) groups excluding carboxylic acids is 1. The summed E-state index contributed by atoms with van der Waals surface area (Å²) in [6, 6.07) is 11.4. The van der Waals surface area contributed by atoms with Crippen LogP contribution in [-0.4, -0.2) is 32.2 Å². The van der Waals surface area contributed by atoms with E-state index in [0.29, 0.717) is 17.7 Å². The molecule has 0 spiro atoms. The largest absolute Gasteiger partial charge is 0.497 e. The molecule has 0 bridgehead atoms. The van der Waals surface area contributed by atoms with Gasteiger partial charge in [-0.1, -0.05) is 44.5 Å². The molecule has 5 nitrogen and oxygen atoms in total. The summed E-state index contributed by atoms with van der Waals surface area (Å²) < 4.78 is 33.6. The third-order valence-corrected chi connectivity index (χ3v) is 7.03. The van der Waals surface area contributed by atoms with E-state index in [-0.39, 0.29) is 17.2 Å². The molecule has 2 aromatic carbocycles. The average Bonchev–Trinajstić information content (AvgIpc) is 2.65. The summed E-state index contributed by atoms with van der Waals surface area (Å²) in [6.45, 7) is 7.63. The molecule has 0 aromatic heterocycles. The van der Waals surface area contributed by atoms with Crippen LogP contribution in [0.15, 0.2) is 47.4 Å². The van der Waals surface area contributed by atoms with E-state index in [1.54, 1.807) is 37.4 Å². The third-order valence-electron chi connectivity index (χ3n) is 5.15. The molecule has 150 valence electrons. The maximum absolute atomic E-state index is 13.4. The second-order valence-electron chi connectivity index (χ2n) is 8.26. The summed E-state index contributed by atoms with van der Waals surface area (Å²) in [5.74, 6) is 0.484. The Balaban J connectivity index is 2.16. The normalized spacial score (nSPS) is 17.8. The Morgan fingerprint density at radius 2 is 1.75 bits per heavy atom. The van der Waals surface area contributed by atoms with Gasteiger partial charge in [0.15, 0.2) is 5.78 Å². The molecule has 0 amide bonds. The Morgan fingerprint density at radius 1 is 1.11 bits per heavy atom. The van der Waals surface area contributed by atoms with E-state index < -0.39 is 21.5 Å². The van der Waals surface area contributed by atoms with Crippen molar-refractivity contribution in [2.75, 3.05) is 13.7 Å². The average molecular weight is 402 g/mol. The first-order valence-corrected chi connectivity index (χ1v) is 10.8. The zero-order valence-corrected chi connectivity index (χ0v) is 17.8. The number of methoxy groups -OCH3 is 1. The molecule has 1 heterocycles. The van der Waals surface area contributed by atoms with Crippen molar-refractivity contribution >= 4 is 15.8 Å². The number of Topliss-reactive ketones (excluding diaryl/α,β-unsaturated/α-hetero) is 1. The molecule has 1 aliphatic rings. The lowest BCUT2D eigenvalue weighted by Crippen LogP contribution is -2.46. The fourth-order valence-corrected chi connectivity index (χ4v) is 5.05. The number of hydrogen-bond donors (Lipinski definition) is 0. The van der Waals surface area contributed by atoms with Gasteiger partial charge in [-0.3, -0.25) is 4.79 Å². The number of rotatable bonds is 4. The molecular formula is C22H27NO4S. The molecular weight excluding hydrogens is 374 g/mol. The lowest BCUT2D eigenvalue weighted by Gasteiger charge is -2.38. The molecule has 0 N–H and O–H groups in total. The zero-order chi connectivity index (χ0) is 20.7. The SMILES string of the molecule is COc1ccc2c(c1)C(C(=O)C(C)(C)C)N(S(=O)(=O)c1ccc(C)cc1)CC2. The summed E-state index contributed by atoms with van der Waals surface area (Å²) >= 11 is 0. The number of aryl methyl sites for hydroxylation is 1. The van der Waals surface area contributed by atoms with Gasteiger partial charge in [-0.25, -0.2) is 8.42 Å². The fraction of sp³-hybridized carbons (Fsp3) is 0.409. The summed E-state index contributed by atoms with van der Waals surface area (Å²) in [5.41, 5.74) is 1.98. The van der Waals surface area contributed by atoms with Crippen LogP contribution >= 0.6 is 0 Å². The minimum Gasteiger partial charge on any atom is -0.497 e. The summed E-state index contributed by atoms with van der Waals surface area (Å²) in [7, 11) is -2.26. The van der Waals surface area contributed by atoms with Crippen molar-refractivity contribution in [3.63, 3.8) is 0 Å². The van der Waals surface area contributed by atoms with Crippen molar-refractivity contribution in [3.8, 4) is 5.75 Å². The highest BCUT2D eigenvalue weighted by Gasteiger charge is 2.43. The van der Waals surface area contributed by atoms with E-state index in [0.717, 1.165) is 11.1 Å². The van der Waals surface area contributed by atoms with Gasteiger partial charge < -0.3 is 4.74 Å². The Labute approximate surface area is 167 Å². The molecule has 0 radical (unpaired) electrons. The van der Waals surface area contributed by atoms with Crippen LogP contribution in [0.1, 0.15) is 43.5 Å². The highest BCUT2D eigenvalue weighted by atomic mass is 32.2. The van der Waals surface area contributed by atoms with Crippen LogP contribution in [0.5, 0.6) is 5.75 Å². The quantitative estimate of drug-likeness (QED) is 0.779. The monoisotopic (exact) mass is 401 g/mol. The van der Waals surface area contributed by atoms with Gasteiger partial charge >= 0.3 is 0 Å². The predicted octanol–water partition coefficient (Wildman–Crippen LogP) is 3.91.